The van der Waals surface area contributed by atoms with Gasteiger partial charge in [-0.1, -0.05) is 0 Å². The monoisotopic (exact) mass is 1520 g/mol. The number of piperazine rings is 2. The van der Waals surface area contributed by atoms with Gasteiger partial charge in [0.1, 0.15) is 34.1 Å². The highest BCUT2D eigenvalue weighted by atomic mass is 19.1. The lowest BCUT2D eigenvalue weighted by molar-refractivity contribution is -0.135. The zero-order chi connectivity index (χ0) is 77.5. The fraction of sp³-hybridized carbons (Fsp3) is 0.392. The van der Waals surface area contributed by atoms with E-state index in [0.29, 0.717) is 177 Å². The van der Waals surface area contributed by atoms with Gasteiger partial charge < -0.3 is 42.9 Å². The maximum Gasteiger partial charge on any atom is 0.329 e. The maximum atomic E-state index is 15.8. The molecule has 0 saturated carbocycles. The normalized spacial score (nSPS) is 17.3. The summed E-state index contributed by atoms with van der Waals surface area (Å²) in [6, 6.07) is 16.6. The summed E-state index contributed by atoms with van der Waals surface area (Å²) < 4.78 is 67.8. The molecule has 6 aromatic heterocycles. The number of aromatic amines is 2. The molecule has 16 rings (SSSR count). The van der Waals surface area contributed by atoms with E-state index < -0.39 is 29.5 Å². The number of ether oxygens (including phenoxy) is 3. The number of aromatic nitrogens is 8. The standard InChI is InChI=1S/C40H44FN9O6.C39H41F2N9O5/c1-46-22-29(26-6-10-42-21-28(26)39(46)53)25-19-32(55-2)30(33(20-25)56-3)23-47-14-16-49(17-15-47)35(52)18-24-7-11-48(12-8-24)31-5-4-27-37(36(31)41)44-45-38(27)50-13-9-34(51)43-40(50)54;1-46-21-28(25-5-9-42-20-27(25)38(46)53)24-18-30(40)29(32(19-24)55-2)22-47-13-15-49(16-14-47)34(52)17-23-6-10-48(11-7-23)31-4-3-26-36(35(31)41)44-45-37(26)50-12-8-33(51)43-39(50)54/h4-6,10,19-22,24H,7-9,11-18,23H2,1-3H3,(H,44,45)(H,43,51,54);3-5,9,18-21,23H,6-8,10-17,22H2,1-2H3,(H,44,45)(H,43,51,54). The number of nitrogens with one attached hydrogen (secondary N) is 4. The Morgan fingerprint density at radius 2 is 0.874 bits per heavy atom. The molecule has 10 aromatic rings. The van der Waals surface area contributed by atoms with Gasteiger partial charge in [0, 0.05) is 209 Å². The minimum atomic E-state index is -0.585. The minimum absolute atomic E-state index is 0.0898. The number of hydrogen-bond donors (Lipinski definition) is 4. The van der Waals surface area contributed by atoms with E-state index in [4.69, 9.17) is 14.2 Å². The SMILES string of the molecule is COc1cc(-c2cn(C)c(=O)c3cnccc23)cc(F)c1CN1CCN(C(=O)CC2CCN(c3ccc4c(N5CCC(=O)NC5=O)n[nH]c4c3F)CC2)CC1.COc1cc(-c2cn(C)c(=O)c3cnccc23)cc(OC)c1CN1CCN(C(=O)CC2CCN(c3ccc4c(N5CCC(=O)NC5=O)n[nH]c4c3F)CC2)CC1. The summed E-state index contributed by atoms with van der Waals surface area (Å²) in [5, 5.41) is 21.8. The smallest absolute Gasteiger partial charge is 0.329 e. The Kier molecular flexibility index (Phi) is 21.2. The molecule has 6 fully saturated rings. The second-order valence-electron chi connectivity index (χ2n) is 29.1. The van der Waals surface area contributed by atoms with E-state index in [-0.39, 0.29) is 95.2 Å². The Morgan fingerprint density at radius 3 is 1.28 bits per heavy atom. The second-order valence-corrected chi connectivity index (χ2v) is 29.1. The molecular formula is C79H85F3N18O11. The number of anilines is 4. The zero-order valence-corrected chi connectivity index (χ0v) is 62.2. The van der Waals surface area contributed by atoms with Crippen molar-refractivity contribution in [2.75, 3.05) is 133 Å². The third-order valence-electron chi connectivity index (χ3n) is 22.5. The number of aryl methyl sites for hydroxylation is 2. The van der Waals surface area contributed by atoms with Crippen molar-refractivity contribution in [2.24, 2.45) is 25.9 Å². The summed E-state index contributed by atoms with van der Waals surface area (Å²) in [5.74, 6) is 0.927. The van der Waals surface area contributed by atoms with Crippen LogP contribution in [0.25, 0.3) is 65.6 Å². The quantitative estimate of drug-likeness (QED) is 0.0667. The minimum Gasteiger partial charge on any atom is -0.496 e. The van der Waals surface area contributed by atoms with Crippen LogP contribution in [0, 0.1) is 29.3 Å². The number of H-pyrrole nitrogens is 2. The molecule has 8 amide bonds. The number of rotatable bonds is 17. The lowest BCUT2D eigenvalue weighted by Crippen LogP contribution is -2.49. The van der Waals surface area contributed by atoms with E-state index in [1.807, 2.05) is 44.0 Å². The van der Waals surface area contributed by atoms with Crippen molar-refractivity contribution in [2.45, 2.75) is 64.5 Å². The Labute approximate surface area is 634 Å². The molecule has 0 atom stereocenters. The number of pyridine rings is 4. The van der Waals surface area contributed by atoms with Crippen molar-refractivity contribution in [1.29, 1.82) is 0 Å². The van der Waals surface area contributed by atoms with Gasteiger partial charge in [0.2, 0.25) is 23.6 Å². The van der Waals surface area contributed by atoms with Gasteiger partial charge in [-0.2, -0.15) is 10.2 Å². The van der Waals surface area contributed by atoms with E-state index in [9.17, 15) is 38.4 Å². The van der Waals surface area contributed by atoms with Crippen molar-refractivity contribution < 1.29 is 56.1 Å². The Bertz CT molecular complexity index is 5420. The second kappa shape index (κ2) is 31.6. The van der Waals surface area contributed by atoms with Crippen molar-refractivity contribution in [3.8, 4) is 39.5 Å². The molecule has 4 aromatic carbocycles. The molecule has 12 heterocycles. The van der Waals surface area contributed by atoms with E-state index in [0.717, 1.165) is 47.8 Å². The van der Waals surface area contributed by atoms with Crippen LogP contribution in [0.3, 0.4) is 0 Å². The number of amides is 8. The fourth-order valence-electron chi connectivity index (χ4n) is 16.2. The number of imide groups is 2. The number of hydrogen-bond acceptors (Lipinski definition) is 19. The molecule has 6 aliphatic rings. The molecule has 111 heavy (non-hydrogen) atoms. The first-order valence-corrected chi connectivity index (χ1v) is 37.3. The Balaban J connectivity index is 0.000000176. The summed E-state index contributed by atoms with van der Waals surface area (Å²) in [5.41, 5.74) is 5.36. The molecule has 0 spiro atoms. The molecule has 578 valence electrons. The Hall–Kier alpha value is -11.9. The van der Waals surface area contributed by atoms with Crippen LogP contribution in [0.15, 0.2) is 107 Å². The van der Waals surface area contributed by atoms with Crippen molar-refractivity contribution in [1.82, 2.24) is 69.7 Å². The van der Waals surface area contributed by atoms with Gasteiger partial charge >= 0.3 is 12.1 Å². The summed E-state index contributed by atoms with van der Waals surface area (Å²) >= 11 is 0. The van der Waals surface area contributed by atoms with Crippen LogP contribution >= 0.6 is 0 Å². The maximum absolute atomic E-state index is 15.8. The summed E-state index contributed by atoms with van der Waals surface area (Å²) in [6.07, 6.45) is 14.1. The third-order valence-corrected chi connectivity index (χ3v) is 22.5. The predicted octanol–water partition coefficient (Wildman–Crippen LogP) is 8.19. The summed E-state index contributed by atoms with van der Waals surface area (Å²) in [6.45, 7) is 8.54. The van der Waals surface area contributed by atoms with Crippen LogP contribution in [0.4, 0.5) is 45.8 Å². The first kappa shape index (κ1) is 74.5. The van der Waals surface area contributed by atoms with E-state index >= 15 is 13.2 Å². The average Bonchev–Trinajstić information content (AvgIpc) is 1.77. The van der Waals surface area contributed by atoms with Gasteiger partial charge in [-0.05, 0) is 120 Å². The van der Waals surface area contributed by atoms with E-state index in [1.165, 1.54) is 33.7 Å². The third kappa shape index (κ3) is 14.9. The van der Waals surface area contributed by atoms with E-state index in [1.54, 1.807) is 94.1 Å². The number of urea groups is 2. The van der Waals surface area contributed by atoms with Gasteiger partial charge in [-0.25, -0.2) is 22.8 Å². The van der Waals surface area contributed by atoms with Gasteiger partial charge in [-0.3, -0.25) is 79.2 Å². The van der Waals surface area contributed by atoms with Crippen LogP contribution in [0.1, 0.15) is 62.5 Å². The van der Waals surface area contributed by atoms with Crippen LogP contribution in [-0.2, 0) is 46.4 Å². The number of carbonyl (C=O) groups is 6. The topological polar surface area (TPSA) is 307 Å². The number of piperidine rings is 2. The largest absolute Gasteiger partial charge is 0.496 e. The van der Waals surface area contributed by atoms with Crippen LogP contribution in [0.5, 0.6) is 17.2 Å². The molecule has 0 unspecified atom stereocenters. The predicted molar refractivity (Wildman–Crippen MR) is 410 cm³/mol. The lowest BCUT2D eigenvalue weighted by Gasteiger charge is -2.37. The molecule has 6 saturated heterocycles. The van der Waals surface area contributed by atoms with Gasteiger partial charge in [0.25, 0.3) is 11.1 Å². The van der Waals surface area contributed by atoms with E-state index in [2.05, 4.69) is 50.8 Å². The number of fused-ring (bicyclic) bond motifs is 4. The van der Waals surface area contributed by atoms with Crippen LogP contribution in [0.2, 0.25) is 0 Å². The van der Waals surface area contributed by atoms with Crippen molar-refractivity contribution in [3.63, 3.8) is 0 Å². The van der Waals surface area contributed by atoms with Crippen LogP contribution in [-0.4, -0.2) is 208 Å². The molecule has 0 bridgehead atoms. The molecule has 6 aliphatic heterocycles. The number of nitrogens with zero attached hydrogens (tertiary/aromatic N) is 14. The molecule has 29 nitrogen and oxygen atoms in total. The van der Waals surface area contributed by atoms with Gasteiger partial charge in [0.05, 0.1) is 49.0 Å². The molecule has 32 heteroatoms. The lowest BCUT2D eigenvalue weighted by atomic mass is 9.92. The summed E-state index contributed by atoms with van der Waals surface area (Å²) in [7, 11) is 8.17. The number of halogens is 3. The first-order valence-electron chi connectivity index (χ1n) is 37.3. The van der Waals surface area contributed by atoms with Crippen molar-refractivity contribution >= 4 is 102 Å². The molecule has 4 N–H and O–H groups in total. The highest BCUT2D eigenvalue weighted by Gasteiger charge is 2.35. The molecule has 0 aliphatic carbocycles. The average molecular weight is 1520 g/mol. The highest BCUT2D eigenvalue weighted by Crippen LogP contribution is 2.41. The van der Waals surface area contributed by atoms with Gasteiger partial charge in [0.15, 0.2) is 23.3 Å². The molecular weight excluding hydrogens is 1430 g/mol. The molecule has 0 radical (unpaired) electrons. The van der Waals surface area contributed by atoms with Crippen LogP contribution < -0.4 is 55.6 Å². The number of methoxy groups -OCH3 is 3. The number of benzene rings is 4. The Morgan fingerprint density at radius 1 is 0.477 bits per heavy atom. The van der Waals surface area contributed by atoms with Crippen molar-refractivity contribution in [3.05, 3.63) is 147 Å². The summed E-state index contributed by atoms with van der Waals surface area (Å²) in [4.78, 5) is 123. The first-order chi connectivity index (χ1) is 53.7. The number of carbonyl (C=O) groups excluding carboxylic acids is 6. The van der Waals surface area contributed by atoms with Gasteiger partial charge in [-0.15, -0.1) is 0 Å². The zero-order valence-electron chi connectivity index (χ0n) is 62.2. The fourth-order valence-corrected chi connectivity index (χ4v) is 16.2. The highest BCUT2D eigenvalue weighted by molar-refractivity contribution is 6.10.